The topological polar surface area (TPSA) is 63.6 Å². The summed E-state index contributed by atoms with van der Waals surface area (Å²) in [6.45, 7) is 5.31. The van der Waals surface area contributed by atoms with Crippen molar-refractivity contribution in [2.45, 2.75) is 52.6 Å². The van der Waals surface area contributed by atoms with E-state index in [1.165, 1.54) is 6.92 Å². The largest absolute Gasteiger partial charge is 0.391 e. The Labute approximate surface area is 90.6 Å². The molecule has 0 fully saturated rings. The Balaban J connectivity index is 3.78. The van der Waals surface area contributed by atoms with Crippen molar-refractivity contribution in [2.75, 3.05) is 0 Å². The van der Waals surface area contributed by atoms with Gasteiger partial charge in [-0.15, -0.1) is 0 Å². The summed E-state index contributed by atoms with van der Waals surface area (Å²) >= 11 is 0. The summed E-state index contributed by atoms with van der Waals surface area (Å²) in [5.74, 6) is -1.20. The first-order chi connectivity index (χ1) is 6.97. The maximum atomic E-state index is 11.2. The summed E-state index contributed by atoms with van der Waals surface area (Å²) in [4.78, 5) is 22.0. The van der Waals surface area contributed by atoms with Crippen molar-refractivity contribution in [1.82, 2.24) is 0 Å². The molecule has 0 aromatic carbocycles. The average Bonchev–Trinajstić information content (AvgIpc) is 2.14. The summed E-state index contributed by atoms with van der Waals surface area (Å²) in [5, 5.41) is 8.82. The molecule has 0 aromatic rings. The maximum absolute atomic E-state index is 11.2. The number of carbonyl (C=O) groups is 2. The number of esters is 2. The summed E-state index contributed by atoms with van der Waals surface area (Å²) in [5.41, 5.74) is 0. The Bertz CT molecular complexity index is 211. The molecule has 0 saturated carbocycles. The van der Waals surface area contributed by atoms with Gasteiger partial charge in [-0.1, -0.05) is 33.1 Å². The molecule has 0 radical (unpaired) electrons. The average molecular weight is 216 g/mol. The molecule has 0 aliphatic carbocycles. The second-order valence-corrected chi connectivity index (χ2v) is 3.92. The molecule has 0 saturated heterocycles. The van der Waals surface area contributed by atoms with Gasteiger partial charge in [-0.2, -0.15) is 0 Å². The van der Waals surface area contributed by atoms with E-state index in [4.69, 9.17) is 5.11 Å². The predicted octanol–water partition coefficient (Wildman–Crippen LogP) is 1.65. The van der Waals surface area contributed by atoms with E-state index in [2.05, 4.69) is 11.7 Å². The van der Waals surface area contributed by atoms with Gasteiger partial charge in [0.1, 0.15) is 6.10 Å². The Morgan fingerprint density at radius 3 is 2.40 bits per heavy atom. The van der Waals surface area contributed by atoms with Crippen molar-refractivity contribution in [3.05, 3.63) is 0 Å². The van der Waals surface area contributed by atoms with E-state index in [1.807, 2.05) is 6.92 Å². The Hall–Kier alpha value is -0.900. The van der Waals surface area contributed by atoms with Gasteiger partial charge in [-0.25, -0.2) is 4.79 Å². The number of carbonyl (C=O) groups excluding carboxylic acids is 2. The molecule has 0 bridgehead atoms. The van der Waals surface area contributed by atoms with Gasteiger partial charge in [-0.05, 0) is 12.8 Å². The van der Waals surface area contributed by atoms with Gasteiger partial charge in [0.15, 0.2) is 0 Å². The van der Waals surface area contributed by atoms with E-state index in [0.29, 0.717) is 0 Å². The van der Waals surface area contributed by atoms with Crippen molar-refractivity contribution in [1.29, 1.82) is 0 Å². The maximum Gasteiger partial charge on any atom is 0.342 e. The third kappa shape index (κ3) is 7.08. The number of hydrogen-bond donors (Lipinski definition) is 1. The summed E-state index contributed by atoms with van der Waals surface area (Å²) in [6.07, 6.45) is 2.11. The Morgan fingerprint density at radius 1 is 1.33 bits per heavy atom. The van der Waals surface area contributed by atoms with Crippen molar-refractivity contribution in [3.8, 4) is 0 Å². The van der Waals surface area contributed by atoms with Crippen molar-refractivity contribution in [3.63, 3.8) is 0 Å². The zero-order valence-corrected chi connectivity index (χ0v) is 9.66. The van der Waals surface area contributed by atoms with Crippen LogP contribution in [-0.4, -0.2) is 23.1 Å². The minimum atomic E-state index is -1.24. The summed E-state index contributed by atoms with van der Waals surface area (Å²) in [6, 6.07) is 0. The quantitative estimate of drug-likeness (QED) is 0.541. The standard InChI is InChI=1S/C11H20O4/c1-4-5-6-8(2)7-10(13)15-11(14)9(3)12/h8-9,12H,4-7H2,1-3H3. The molecule has 4 heteroatoms. The van der Waals surface area contributed by atoms with Gasteiger partial charge in [-0.3, -0.25) is 4.79 Å². The van der Waals surface area contributed by atoms with Gasteiger partial charge in [0.2, 0.25) is 0 Å². The van der Waals surface area contributed by atoms with Gasteiger partial charge in [0.25, 0.3) is 0 Å². The second-order valence-electron chi connectivity index (χ2n) is 3.92. The molecule has 15 heavy (non-hydrogen) atoms. The number of rotatable bonds is 6. The molecule has 0 spiro atoms. The first-order valence-corrected chi connectivity index (χ1v) is 5.40. The summed E-state index contributed by atoms with van der Waals surface area (Å²) < 4.78 is 4.43. The van der Waals surface area contributed by atoms with Crippen LogP contribution in [0.2, 0.25) is 0 Å². The van der Waals surface area contributed by atoms with Crippen LogP contribution in [0.15, 0.2) is 0 Å². The zero-order chi connectivity index (χ0) is 11.8. The first-order valence-electron chi connectivity index (χ1n) is 5.40. The molecule has 88 valence electrons. The number of hydrogen-bond acceptors (Lipinski definition) is 4. The molecule has 2 atom stereocenters. The first kappa shape index (κ1) is 14.1. The third-order valence-corrected chi connectivity index (χ3v) is 2.12. The van der Waals surface area contributed by atoms with E-state index < -0.39 is 18.0 Å². The normalized spacial score (nSPS) is 14.4. The fourth-order valence-electron chi connectivity index (χ4n) is 1.18. The SMILES string of the molecule is CCCCC(C)CC(=O)OC(=O)C(C)O. The molecule has 0 heterocycles. The van der Waals surface area contributed by atoms with Gasteiger partial charge < -0.3 is 9.84 Å². The molecule has 0 aliphatic rings. The molecular formula is C11H20O4. The van der Waals surface area contributed by atoms with E-state index in [-0.39, 0.29) is 12.3 Å². The highest BCUT2D eigenvalue weighted by Gasteiger charge is 2.17. The van der Waals surface area contributed by atoms with Crippen LogP contribution in [0.1, 0.15) is 46.5 Å². The number of unbranched alkanes of at least 4 members (excludes halogenated alkanes) is 1. The highest BCUT2D eigenvalue weighted by Crippen LogP contribution is 2.12. The molecule has 4 nitrogen and oxygen atoms in total. The van der Waals surface area contributed by atoms with E-state index >= 15 is 0 Å². The number of ether oxygens (including phenoxy) is 1. The molecule has 2 unspecified atom stereocenters. The lowest BCUT2D eigenvalue weighted by Gasteiger charge is -2.10. The van der Waals surface area contributed by atoms with Crippen molar-refractivity contribution < 1.29 is 19.4 Å². The molecule has 0 aliphatic heterocycles. The monoisotopic (exact) mass is 216 g/mol. The van der Waals surface area contributed by atoms with E-state index in [9.17, 15) is 9.59 Å². The predicted molar refractivity (Wildman–Crippen MR) is 56.1 cm³/mol. The van der Waals surface area contributed by atoms with Crippen molar-refractivity contribution in [2.24, 2.45) is 5.92 Å². The lowest BCUT2D eigenvalue weighted by Crippen LogP contribution is -2.23. The second kappa shape index (κ2) is 7.40. The molecule has 0 rings (SSSR count). The van der Waals surface area contributed by atoms with Gasteiger partial charge in [0.05, 0.1) is 0 Å². The Morgan fingerprint density at radius 2 is 1.93 bits per heavy atom. The summed E-state index contributed by atoms with van der Waals surface area (Å²) in [7, 11) is 0. The zero-order valence-electron chi connectivity index (χ0n) is 9.66. The lowest BCUT2D eigenvalue weighted by molar-refractivity contribution is -0.165. The molecule has 1 N–H and O–H groups in total. The van der Waals surface area contributed by atoms with E-state index in [1.54, 1.807) is 0 Å². The van der Waals surface area contributed by atoms with Crippen LogP contribution in [0.25, 0.3) is 0 Å². The van der Waals surface area contributed by atoms with Crippen LogP contribution >= 0.6 is 0 Å². The number of aliphatic hydroxyl groups excluding tert-OH is 1. The fourth-order valence-corrected chi connectivity index (χ4v) is 1.18. The van der Waals surface area contributed by atoms with Crippen LogP contribution < -0.4 is 0 Å². The highest BCUT2D eigenvalue weighted by molar-refractivity contribution is 5.87. The molecular weight excluding hydrogens is 196 g/mol. The molecule has 0 amide bonds. The van der Waals surface area contributed by atoms with Crippen LogP contribution in [0.4, 0.5) is 0 Å². The van der Waals surface area contributed by atoms with Crippen LogP contribution in [0.3, 0.4) is 0 Å². The number of aliphatic hydroxyl groups is 1. The van der Waals surface area contributed by atoms with Gasteiger partial charge in [0, 0.05) is 6.42 Å². The lowest BCUT2D eigenvalue weighted by atomic mass is 10.0. The molecule has 0 aromatic heterocycles. The smallest absolute Gasteiger partial charge is 0.342 e. The van der Waals surface area contributed by atoms with Crippen LogP contribution in [-0.2, 0) is 14.3 Å². The minimum Gasteiger partial charge on any atom is -0.391 e. The van der Waals surface area contributed by atoms with E-state index in [0.717, 1.165) is 19.3 Å². The third-order valence-electron chi connectivity index (χ3n) is 2.12. The fraction of sp³-hybridized carbons (Fsp3) is 0.818. The highest BCUT2D eigenvalue weighted by atomic mass is 16.6. The van der Waals surface area contributed by atoms with Crippen molar-refractivity contribution >= 4 is 11.9 Å². The minimum absolute atomic E-state index is 0.222. The van der Waals surface area contributed by atoms with Crippen LogP contribution in [0, 0.1) is 5.92 Å². The van der Waals surface area contributed by atoms with Crippen LogP contribution in [0.5, 0.6) is 0 Å². The Kier molecular flexibility index (Phi) is 6.96. The van der Waals surface area contributed by atoms with Gasteiger partial charge >= 0.3 is 11.9 Å².